The number of nitrogen functional groups attached to an aromatic ring is 1. The number of aromatic nitrogens is 6. The molecule has 2 aromatic carbocycles. The highest BCUT2D eigenvalue weighted by Gasteiger charge is 2.24. The number of aryl methyl sites for hydroxylation is 1. The summed E-state index contributed by atoms with van der Waals surface area (Å²) in [5, 5.41) is 8.59. The summed E-state index contributed by atoms with van der Waals surface area (Å²) in [6.07, 6.45) is 5.00. The smallest absolute Gasteiger partial charge is 0.266 e. The van der Waals surface area contributed by atoms with E-state index in [0.29, 0.717) is 44.6 Å². The van der Waals surface area contributed by atoms with Gasteiger partial charge in [-0.1, -0.05) is 30.3 Å². The van der Waals surface area contributed by atoms with E-state index in [0.717, 1.165) is 0 Å². The summed E-state index contributed by atoms with van der Waals surface area (Å²) in [4.78, 5) is 41.1. The summed E-state index contributed by atoms with van der Waals surface area (Å²) < 4.78 is 3.22. The molecule has 6 aromatic rings. The largest absolute Gasteiger partial charge is 0.383 e. The van der Waals surface area contributed by atoms with Crippen LogP contribution in [0.5, 0.6) is 0 Å². The van der Waals surface area contributed by atoms with E-state index in [4.69, 9.17) is 10.7 Å². The zero-order valence-corrected chi connectivity index (χ0v) is 21.2. The van der Waals surface area contributed by atoms with Gasteiger partial charge in [-0.05, 0) is 43.3 Å². The van der Waals surface area contributed by atoms with Crippen molar-refractivity contribution in [3.63, 3.8) is 0 Å². The molecule has 10 nitrogen and oxygen atoms in total. The van der Waals surface area contributed by atoms with E-state index in [1.165, 1.54) is 4.57 Å². The van der Waals surface area contributed by atoms with Crippen LogP contribution in [0.25, 0.3) is 38.8 Å². The number of fused-ring (bicyclic) bond motifs is 2. The molecule has 0 saturated carbocycles. The van der Waals surface area contributed by atoms with E-state index < -0.39 is 11.9 Å². The lowest BCUT2D eigenvalue weighted by Crippen LogP contribution is -2.34. The standard InChI is InChI=1S/C29H24N8O2/c1-17(33-28(38)24-25-18(8-7-14-31-25)16-32-26(24)30)27-34-22-12-6-11-20(21-13-15-36(2)35-21)23(22)29(39)37(27)19-9-4-3-5-10-19/h3-17H,1-2H3,(H2,30,32)(H,33,38)/t17-/m0/s1. The number of pyridine rings is 2. The van der Waals surface area contributed by atoms with Crippen LogP contribution in [0.4, 0.5) is 5.82 Å². The monoisotopic (exact) mass is 516 g/mol. The number of carbonyl (C=O) groups is 1. The average Bonchev–Trinajstić information content (AvgIpc) is 3.38. The Bertz CT molecular complexity index is 1930. The Labute approximate surface area is 222 Å². The summed E-state index contributed by atoms with van der Waals surface area (Å²) >= 11 is 0. The molecule has 192 valence electrons. The van der Waals surface area contributed by atoms with Crippen LogP contribution in [0.1, 0.15) is 29.1 Å². The number of rotatable bonds is 5. The fraction of sp³-hybridized carbons (Fsp3) is 0.103. The number of amides is 1. The van der Waals surface area contributed by atoms with Gasteiger partial charge in [0.15, 0.2) is 0 Å². The van der Waals surface area contributed by atoms with Crippen LogP contribution in [0, 0.1) is 0 Å². The summed E-state index contributed by atoms with van der Waals surface area (Å²) in [6, 6.07) is 19.5. The van der Waals surface area contributed by atoms with Crippen LogP contribution in [0.2, 0.25) is 0 Å². The van der Waals surface area contributed by atoms with Crippen LogP contribution in [0.3, 0.4) is 0 Å². The predicted molar refractivity (Wildman–Crippen MR) is 149 cm³/mol. The van der Waals surface area contributed by atoms with Crippen molar-refractivity contribution in [1.29, 1.82) is 0 Å². The molecular weight excluding hydrogens is 492 g/mol. The summed E-state index contributed by atoms with van der Waals surface area (Å²) in [5.74, 6) is -0.0317. The first-order valence-electron chi connectivity index (χ1n) is 12.3. The number of nitrogens with zero attached hydrogens (tertiary/aromatic N) is 6. The molecule has 0 saturated heterocycles. The molecule has 10 heteroatoms. The second kappa shape index (κ2) is 9.49. The molecule has 0 aliphatic rings. The van der Waals surface area contributed by atoms with Gasteiger partial charge in [-0.25, -0.2) is 9.97 Å². The molecule has 3 N–H and O–H groups in total. The van der Waals surface area contributed by atoms with Crippen molar-refractivity contribution in [3.05, 3.63) is 107 Å². The molecule has 1 amide bonds. The van der Waals surface area contributed by atoms with Gasteiger partial charge in [0.25, 0.3) is 11.5 Å². The quantitative estimate of drug-likeness (QED) is 0.356. The van der Waals surface area contributed by atoms with Crippen LogP contribution < -0.4 is 16.6 Å². The summed E-state index contributed by atoms with van der Waals surface area (Å²) in [5.41, 5.74) is 8.93. The van der Waals surface area contributed by atoms with Crippen LogP contribution in [-0.2, 0) is 7.05 Å². The Kier molecular flexibility index (Phi) is 5.84. The lowest BCUT2D eigenvalue weighted by molar-refractivity contribution is 0.0940. The Morgan fingerprint density at radius 2 is 1.82 bits per heavy atom. The van der Waals surface area contributed by atoms with Crippen molar-refractivity contribution in [2.24, 2.45) is 7.05 Å². The molecule has 0 bridgehead atoms. The van der Waals surface area contributed by atoms with Gasteiger partial charge < -0.3 is 11.1 Å². The third kappa shape index (κ3) is 4.17. The molecule has 0 spiro atoms. The summed E-state index contributed by atoms with van der Waals surface area (Å²) in [7, 11) is 1.82. The Balaban J connectivity index is 1.51. The highest BCUT2D eigenvalue weighted by Crippen LogP contribution is 2.27. The molecule has 4 aromatic heterocycles. The van der Waals surface area contributed by atoms with Crippen molar-refractivity contribution in [1.82, 2.24) is 34.6 Å². The highest BCUT2D eigenvalue weighted by atomic mass is 16.2. The third-order valence-corrected chi connectivity index (χ3v) is 6.56. The van der Waals surface area contributed by atoms with Gasteiger partial charge in [-0.3, -0.25) is 23.8 Å². The average molecular weight is 517 g/mol. The number of hydrogen-bond donors (Lipinski definition) is 2. The summed E-state index contributed by atoms with van der Waals surface area (Å²) in [6.45, 7) is 1.77. The van der Waals surface area contributed by atoms with Crippen LogP contribution >= 0.6 is 0 Å². The second-order valence-electron chi connectivity index (χ2n) is 9.18. The Morgan fingerprint density at radius 1 is 1.00 bits per heavy atom. The molecule has 0 aliphatic heterocycles. The van der Waals surface area contributed by atoms with Gasteiger partial charge in [0, 0.05) is 36.6 Å². The van der Waals surface area contributed by atoms with Crippen LogP contribution in [-0.4, -0.2) is 35.2 Å². The fourth-order valence-corrected chi connectivity index (χ4v) is 4.75. The van der Waals surface area contributed by atoms with E-state index in [1.54, 1.807) is 36.1 Å². The minimum atomic E-state index is -0.674. The van der Waals surface area contributed by atoms with Crippen molar-refractivity contribution in [2.75, 3.05) is 5.73 Å². The maximum atomic E-state index is 14.2. The van der Waals surface area contributed by atoms with Gasteiger partial charge in [0.2, 0.25) is 0 Å². The highest BCUT2D eigenvalue weighted by molar-refractivity contribution is 6.09. The first kappa shape index (κ1) is 24.0. The Morgan fingerprint density at radius 3 is 2.59 bits per heavy atom. The fourth-order valence-electron chi connectivity index (χ4n) is 4.75. The van der Waals surface area contributed by atoms with Gasteiger partial charge >= 0.3 is 0 Å². The minimum Gasteiger partial charge on any atom is -0.383 e. The molecule has 0 radical (unpaired) electrons. The minimum absolute atomic E-state index is 0.0674. The predicted octanol–water partition coefficient (Wildman–Crippen LogP) is 3.80. The maximum Gasteiger partial charge on any atom is 0.266 e. The van der Waals surface area contributed by atoms with Gasteiger partial charge in [0.1, 0.15) is 17.2 Å². The molecule has 6 rings (SSSR count). The number of anilines is 1. The molecule has 0 aliphatic carbocycles. The molecule has 0 fully saturated rings. The normalized spacial score (nSPS) is 12.1. The van der Waals surface area contributed by atoms with Crippen molar-refractivity contribution >= 4 is 33.5 Å². The first-order valence-corrected chi connectivity index (χ1v) is 12.3. The lowest BCUT2D eigenvalue weighted by atomic mass is 10.1. The molecule has 4 heterocycles. The van der Waals surface area contributed by atoms with Gasteiger partial charge in [-0.2, -0.15) is 5.10 Å². The van der Waals surface area contributed by atoms with E-state index >= 15 is 0 Å². The molecular formula is C29H24N8O2. The van der Waals surface area contributed by atoms with E-state index in [-0.39, 0.29) is 16.9 Å². The van der Waals surface area contributed by atoms with E-state index in [2.05, 4.69) is 20.4 Å². The number of carbonyl (C=O) groups excluding carboxylic acids is 1. The number of hydrogen-bond acceptors (Lipinski definition) is 7. The number of nitrogens with one attached hydrogen (secondary N) is 1. The molecule has 1 atom stereocenters. The zero-order chi connectivity index (χ0) is 27.1. The number of nitrogens with two attached hydrogens (primary N) is 1. The second-order valence-corrected chi connectivity index (χ2v) is 9.18. The lowest BCUT2D eigenvalue weighted by Gasteiger charge is -2.20. The first-order chi connectivity index (χ1) is 18.9. The van der Waals surface area contributed by atoms with Crippen molar-refractivity contribution in [3.8, 4) is 16.9 Å². The van der Waals surface area contributed by atoms with Crippen molar-refractivity contribution in [2.45, 2.75) is 13.0 Å². The van der Waals surface area contributed by atoms with Crippen LogP contribution in [0.15, 0.2) is 90.1 Å². The Hall–Kier alpha value is -5.38. The van der Waals surface area contributed by atoms with E-state index in [9.17, 15) is 9.59 Å². The number of para-hydroxylation sites is 1. The number of benzene rings is 2. The van der Waals surface area contributed by atoms with Gasteiger partial charge in [0.05, 0.1) is 33.8 Å². The van der Waals surface area contributed by atoms with Crippen molar-refractivity contribution < 1.29 is 4.79 Å². The van der Waals surface area contributed by atoms with E-state index in [1.807, 2.05) is 67.8 Å². The zero-order valence-electron chi connectivity index (χ0n) is 21.2. The SMILES string of the molecule is C[C@H](NC(=O)c1c(N)ncc2cccnc12)c1nc2cccc(-c3ccn(C)n3)c2c(=O)n1-c1ccccc1. The third-order valence-electron chi connectivity index (χ3n) is 6.56. The molecule has 0 unspecified atom stereocenters. The topological polar surface area (TPSA) is 134 Å². The maximum absolute atomic E-state index is 14.2. The molecule has 39 heavy (non-hydrogen) atoms. The van der Waals surface area contributed by atoms with Gasteiger partial charge in [-0.15, -0.1) is 0 Å².